The summed E-state index contributed by atoms with van der Waals surface area (Å²) in [6, 6.07) is 7.74. The predicted molar refractivity (Wildman–Crippen MR) is 126 cm³/mol. The van der Waals surface area contributed by atoms with Gasteiger partial charge < -0.3 is 15.4 Å². The van der Waals surface area contributed by atoms with Gasteiger partial charge in [0.05, 0.1) is 18.3 Å². The largest absolute Gasteiger partial charge is 0.494 e. The SMILES string of the molecule is CCCCOc1ccc(C2NC(=O)NC(CC)=C2c2nc(C3CCCCC3)cs2)cc1. The molecule has 31 heavy (non-hydrogen) atoms. The maximum atomic E-state index is 12.4. The third-order valence-corrected chi connectivity index (χ3v) is 7.16. The third kappa shape index (κ3) is 5.12. The molecule has 2 aromatic rings. The maximum absolute atomic E-state index is 12.4. The zero-order chi connectivity index (χ0) is 21.6. The quantitative estimate of drug-likeness (QED) is 0.459. The lowest BCUT2D eigenvalue weighted by Gasteiger charge is -2.29. The second-order valence-electron chi connectivity index (χ2n) is 8.46. The summed E-state index contributed by atoms with van der Waals surface area (Å²) in [4.78, 5) is 17.5. The molecule has 2 amide bonds. The molecule has 1 aliphatic heterocycles. The third-order valence-electron chi connectivity index (χ3n) is 6.26. The van der Waals surface area contributed by atoms with Gasteiger partial charge in [-0.25, -0.2) is 9.78 Å². The molecule has 0 saturated heterocycles. The lowest BCUT2D eigenvalue weighted by atomic mass is 9.87. The van der Waals surface area contributed by atoms with Crippen LogP contribution in [0.2, 0.25) is 0 Å². The molecule has 0 radical (unpaired) electrons. The van der Waals surface area contributed by atoms with Crippen LogP contribution in [-0.4, -0.2) is 17.6 Å². The lowest BCUT2D eigenvalue weighted by molar-refractivity contribution is 0.240. The molecule has 1 atom stereocenters. The Bertz CT molecular complexity index is 913. The van der Waals surface area contributed by atoms with Gasteiger partial charge >= 0.3 is 6.03 Å². The average molecular weight is 440 g/mol. The molecule has 5 nitrogen and oxygen atoms in total. The molecular formula is C25H33N3O2S. The van der Waals surface area contributed by atoms with E-state index in [4.69, 9.17) is 9.72 Å². The van der Waals surface area contributed by atoms with Crippen molar-refractivity contribution in [3.8, 4) is 5.75 Å². The number of amides is 2. The Morgan fingerprint density at radius 3 is 2.61 bits per heavy atom. The van der Waals surface area contributed by atoms with E-state index >= 15 is 0 Å². The van der Waals surface area contributed by atoms with E-state index in [1.54, 1.807) is 11.3 Å². The number of ether oxygens (including phenoxy) is 1. The Balaban J connectivity index is 1.61. The van der Waals surface area contributed by atoms with E-state index in [9.17, 15) is 4.79 Å². The lowest BCUT2D eigenvalue weighted by Crippen LogP contribution is -2.43. The van der Waals surface area contributed by atoms with Crippen molar-refractivity contribution < 1.29 is 9.53 Å². The summed E-state index contributed by atoms with van der Waals surface area (Å²) in [6.07, 6.45) is 9.34. The highest BCUT2D eigenvalue weighted by Crippen LogP contribution is 2.40. The van der Waals surface area contributed by atoms with Crippen LogP contribution in [-0.2, 0) is 0 Å². The van der Waals surface area contributed by atoms with Crippen LogP contribution >= 0.6 is 11.3 Å². The molecule has 2 aliphatic rings. The summed E-state index contributed by atoms with van der Waals surface area (Å²) in [5.74, 6) is 1.45. The summed E-state index contributed by atoms with van der Waals surface area (Å²) < 4.78 is 5.81. The van der Waals surface area contributed by atoms with Gasteiger partial charge in [0.15, 0.2) is 0 Å². The van der Waals surface area contributed by atoms with Crippen LogP contribution < -0.4 is 15.4 Å². The zero-order valence-electron chi connectivity index (χ0n) is 18.6. The van der Waals surface area contributed by atoms with Crippen molar-refractivity contribution in [3.05, 3.63) is 51.6 Å². The van der Waals surface area contributed by atoms with Crippen LogP contribution in [0.25, 0.3) is 5.57 Å². The summed E-state index contributed by atoms with van der Waals surface area (Å²) in [5, 5.41) is 9.38. The number of nitrogens with zero attached hydrogens (tertiary/aromatic N) is 1. The van der Waals surface area contributed by atoms with E-state index in [2.05, 4.69) is 42.0 Å². The number of thiazole rings is 1. The van der Waals surface area contributed by atoms with Gasteiger partial charge in [0.2, 0.25) is 0 Å². The maximum Gasteiger partial charge on any atom is 0.319 e. The van der Waals surface area contributed by atoms with E-state index < -0.39 is 0 Å². The fraction of sp³-hybridized carbons (Fsp3) is 0.520. The second-order valence-corrected chi connectivity index (χ2v) is 9.32. The molecule has 1 aromatic heterocycles. The number of carbonyl (C=O) groups excluding carboxylic acids is 1. The minimum Gasteiger partial charge on any atom is -0.494 e. The minimum absolute atomic E-state index is 0.155. The normalized spacial score (nSPS) is 19.8. The van der Waals surface area contributed by atoms with Gasteiger partial charge in [-0.2, -0.15) is 0 Å². The van der Waals surface area contributed by atoms with E-state index in [1.807, 2.05) is 12.1 Å². The van der Waals surface area contributed by atoms with Crippen LogP contribution in [0.1, 0.15) is 93.4 Å². The Labute approximate surface area is 189 Å². The van der Waals surface area contributed by atoms with E-state index in [-0.39, 0.29) is 12.1 Å². The van der Waals surface area contributed by atoms with Gasteiger partial charge in [-0.1, -0.05) is 51.7 Å². The van der Waals surface area contributed by atoms with Crippen LogP contribution in [0.4, 0.5) is 4.79 Å². The van der Waals surface area contributed by atoms with Gasteiger partial charge in [-0.15, -0.1) is 11.3 Å². The first kappa shape index (κ1) is 21.9. The molecule has 1 aromatic carbocycles. The molecular weight excluding hydrogens is 406 g/mol. The molecule has 1 unspecified atom stereocenters. The highest BCUT2D eigenvalue weighted by molar-refractivity contribution is 7.10. The fourth-order valence-electron chi connectivity index (χ4n) is 4.49. The standard InChI is InChI=1S/C25H33N3O2S/c1-3-5-15-30-19-13-11-18(12-14-19)23-22(20(4-2)27-25(29)28-23)24-26-21(16-31-24)17-9-7-6-8-10-17/h11-14,16-17,23H,3-10,15H2,1-2H3,(H2,27,28,29). The first-order chi connectivity index (χ1) is 15.2. The number of benzene rings is 1. The number of rotatable bonds is 8. The highest BCUT2D eigenvalue weighted by atomic mass is 32.1. The van der Waals surface area contributed by atoms with Gasteiger partial charge in [0.25, 0.3) is 0 Å². The van der Waals surface area contributed by atoms with Crippen molar-refractivity contribution in [2.24, 2.45) is 0 Å². The summed E-state index contributed by atoms with van der Waals surface area (Å²) in [6.45, 7) is 4.97. The number of hydrogen-bond acceptors (Lipinski definition) is 4. The smallest absolute Gasteiger partial charge is 0.319 e. The fourth-order valence-corrected chi connectivity index (χ4v) is 5.49. The van der Waals surface area contributed by atoms with Crippen LogP contribution in [0, 0.1) is 0 Å². The van der Waals surface area contributed by atoms with E-state index in [1.165, 1.54) is 37.8 Å². The number of aromatic nitrogens is 1. The summed E-state index contributed by atoms with van der Waals surface area (Å²) in [5.41, 5.74) is 4.32. The Morgan fingerprint density at radius 2 is 1.90 bits per heavy atom. The monoisotopic (exact) mass is 439 g/mol. The first-order valence-corrected chi connectivity index (χ1v) is 12.6. The molecule has 2 N–H and O–H groups in total. The van der Waals surface area contributed by atoms with E-state index in [0.29, 0.717) is 5.92 Å². The molecule has 0 spiro atoms. The molecule has 166 valence electrons. The minimum atomic E-state index is -0.209. The molecule has 2 heterocycles. The molecule has 1 aliphatic carbocycles. The summed E-state index contributed by atoms with van der Waals surface area (Å²) in [7, 11) is 0. The van der Waals surface area contributed by atoms with Crippen molar-refractivity contribution >= 4 is 22.9 Å². The molecule has 1 saturated carbocycles. The van der Waals surface area contributed by atoms with Crippen molar-refractivity contribution in [2.45, 2.75) is 77.2 Å². The Kier molecular flexibility index (Phi) is 7.28. The molecule has 1 fully saturated rings. The van der Waals surface area contributed by atoms with Crippen LogP contribution in [0.3, 0.4) is 0 Å². The van der Waals surface area contributed by atoms with Crippen LogP contribution in [0.15, 0.2) is 35.3 Å². The number of nitrogens with one attached hydrogen (secondary N) is 2. The second kappa shape index (κ2) is 10.3. The Hall–Kier alpha value is -2.34. The van der Waals surface area contributed by atoms with E-state index in [0.717, 1.165) is 53.5 Å². The van der Waals surface area contributed by atoms with Crippen molar-refractivity contribution in [1.82, 2.24) is 15.6 Å². The average Bonchev–Trinajstić information content (AvgIpc) is 3.29. The number of carbonyl (C=O) groups is 1. The predicted octanol–water partition coefficient (Wildman–Crippen LogP) is 6.54. The molecule has 4 rings (SSSR count). The summed E-state index contributed by atoms with van der Waals surface area (Å²) >= 11 is 1.70. The Morgan fingerprint density at radius 1 is 1.13 bits per heavy atom. The zero-order valence-corrected chi connectivity index (χ0v) is 19.4. The number of allylic oxidation sites excluding steroid dienone is 1. The molecule has 6 heteroatoms. The topological polar surface area (TPSA) is 63.2 Å². The first-order valence-electron chi connectivity index (χ1n) is 11.7. The number of urea groups is 1. The molecule has 0 bridgehead atoms. The van der Waals surface area contributed by atoms with Gasteiger partial charge in [-0.05, 0) is 43.4 Å². The number of unbranched alkanes of at least 4 members (excludes halogenated alkanes) is 1. The highest BCUT2D eigenvalue weighted by Gasteiger charge is 2.31. The van der Waals surface area contributed by atoms with Gasteiger partial charge in [-0.3, -0.25) is 0 Å². The van der Waals surface area contributed by atoms with Crippen LogP contribution in [0.5, 0.6) is 5.75 Å². The van der Waals surface area contributed by atoms with Crippen molar-refractivity contribution in [1.29, 1.82) is 0 Å². The van der Waals surface area contributed by atoms with Crippen molar-refractivity contribution in [2.75, 3.05) is 6.61 Å². The van der Waals surface area contributed by atoms with Gasteiger partial charge in [0.1, 0.15) is 10.8 Å². The number of hydrogen-bond donors (Lipinski definition) is 2. The van der Waals surface area contributed by atoms with Gasteiger partial charge in [0, 0.05) is 22.6 Å². The van der Waals surface area contributed by atoms with Crippen molar-refractivity contribution in [3.63, 3.8) is 0 Å².